The molecule has 1 aromatic heterocycles. The Bertz CT molecular complexity index is 1290. The van der Waals surface area contributed by atoms with Gasteiger partial charge in [-0.3, -0.25) is 14.5 Å². The second kappa shape index (κ2) is 10.5. The van der Waals surface area contributed by atoms with Crippen molar-refractivity contribution in [2.75, 3.05) is 36.9 Å². The maximum absolute atomic E-state index is 12.6. The summed E-state index contributed by atoms with van der Waals surface area (Å²) in [7, 11) is 0. The van der Waals surface area contributed by atoms with Gasteiger partial charge in [0.25, 0.3) is 5.91 Å². The third-order valence-corrected chi connectivity index (χ3v) is 5.95. The fourth-order valence-electron chi connectivity index (χ4n) is 4.15. The Kier molecular flexibility index (Phi) is 6.88. The zero-order chi connectivity index (χ0) is 24.0. The van der Waals surface area contributed by atoms with E-state index in [0.717, 1.165) is 55.0 Å². The van der Waals surface area contributed by atoms with E-state index in [0.29, 0.717) is 11.3 Å². The van der Waals surface area contributed by atoms with Gasteiger partial charge in [0.1, 0.15) is 5.58 Å². The smallest absolute Gasteiger partial charge is 0.291 e. The summed E-state index contributed by atoms with van der Waals surface area (Å²) in [6, 6.07) is 24.4. The van der Waals surface area contributed by atoms with Crippen LogP contribution in [0.3, 0.4) is 0 Å². The first-order valence-electron chi connectivity index (χ1n) is 11.7. The molecular weight excluding hydrogens is 442 g/mol. The van der Waals surface area contributed by atoms with Crippen molar-refractivity contribution in [2.24, 2.45) is 0 Å². The van der Waals surface area contributed by atoms with Crippen molar-refractivity contribution >= 4 is 34.2 Å². The molecule has 35 heavy (non-hydrogen) atoms. The van der Waals surface area contributed by atoms with Gasteiger partial charge in [-0.2, -0.15) is 0 Å². The van der Waals surface area contributed by atoms with Crippen LogP contribution in [-0.2, 0) is 22.5 Å². The number of furan rings is 1. The van der Waals surface area contributed by atoms with E-state index in [2.05, 4.69) is 21.6 Å². The highest BCUT2D eigenvalue weighted by Gasteiger charge is 2.13. The number of nitrogens with one attached hydrogen (secondary N) is 2. The molecule has 7 heteroatoms. The Morgan fingerprint density at radius 1 is 0.800 bits per heavy atom. The molecule has 0 spiro atoms. The molecule has 0 radical (unpaired) electrons. The molecule has 0 aliphatic carbocycles. The molecule has 0 saturated carbocycles. The summed E-state index contributed by atoms with van der Waals surface area (Å²) in [4.78, 5) is 27.5. The summed E-state index contributed by atoms with van der Waals surface area (Å²) in [5, 5.41) is 6.70. The minimum Gasteiger partial charge on any atom is -0.451 e. The number of rotatable bonds is 7. The number of hydrogen-bond donors (Lipinski definition) is 2. The van der Waals surface area contributed by atoms with Crippen LogP contribution in [-0.4, -0.2) is 43.0 Å². The lowest BCUT2D eigenvalue weighted by molar-refractivity contribution is -0.115. The molecule has 1 saturated heterocycles. The van der Waals surface area contributed by atoms with Gasteiger partial charge in [-0.1, -0.05) is 42.5 Å². The summed E-state index contributed by atoms with van der Waals surface area (Å²) in [6.07, 6.45) is 0.242. The van der Waals surface area contributed by atoms with E-state index in [9.17, 15) is 9.59 Å². The fourth-order valence-corrected chi connectivity index (χ4v) is 4.15. The van der Waals surface area contributed by atoms with Gasteiger partial charge in [0, 0.05) is 36.4 Å². The summed E-state index contributed by atoms with van der Waals surface area (Å²) >= 11 is 0. The van der Waals surface area contributed by atoms with Gasteiger partial charge in [0.15, 0.2) is 5.76 Å². The van der Waals surface area contributed by atoms with Crippen LogP contribution in [0.2, 0.25) is 0 Å². The summed E-state index contributed by atoms with van der Waals surface area (Å²) in [6.45, 7) is 4.21. The second-order valence-corrected chi connectivity index (χ2v) is 8.61. The van der Waals surface area contributed by atoms with Crippen LogP contribution in [0.1, 0.15) is 21.7 Å². The number of para-hydroxylation sites is 1. The molecule has 3 aromatic carbocycles. The quantitative estimate of drug-likeness (QED) is 0.410. The molecule has 2 amide bonds. The molecule has 178 valence electrons. The Morgan fingerprint density at radius 3 is 2.40 bits per heavy atom. The number of fused-ring (bicyclic) bond motifs is 1. The molecule has 7 nitrogen and oxygen atoms in total. The van der Waals surface area contributed by atoms with Crippen LogP contribution in [0, 0.1) is 0 Å². The zero-order valence-corrected chi connectivity index (χ0v) is 19.3. The van der Waals surface area contributed by atoms with Crippen LogP contribution in [0.25, 0.3) is 11.0 Å². The minimum absolute atomic E-state index is 0.0902. The van der Waals surface area contributed by atoms with E-state index in [1.54, 1.807) is 18.2 Å². The van der Waals surface area contributed by atoms with Crippen molar-refractivity contribution in [3.63, 3.8) is 0 Å². The van der Waals surface area contributed by atoms with Crippen LogP contribution in [0.4, 0.5) is 11.4 Å². The fraction of sp³-hybridized carbons (Fsp3) is 0.214. The Morgan fingerprint density at radius 2 is 1.60 bits per heavy atom. The highest BCUT2D eigenvalue weighted by Crippen LogP contribution is 2.20. The number of hydrogen-bond acceptors (Lipinski definition) is 5. The predicted molar refractivity (Wildman–Crippen MR) is 135 cm³/mol. The monoisotopic (exact) mass is 469 g/mol. The van der Waals surface area contributed by atoms with E-state index in [1.807, 2.05) is 54.6 Å². The number of ether oxygens (including phenoxy) is 1. The average Bonchev–Trinajstić information content (AvgIpc) is 3.31. The largest absolute Gasteiger partial charge is 0.451 e. The number of morpholine rings is 1. The van der Waals surface area contributed by atoms with Crippen molar-refractivity contribution in [1.29, 1.82) is 0 Å². The maximum atomic E-state index is 12.6. The molecule has 4 aromatic rings. The average molecular weight is 470 g/mol. The molecule has 2 N–H and O–H groups in total. The standard InChI is InChI=1S/C28H27N3O4/c32-27(29-24-6-3-4-21(16-24)19-31-12-14-34-15-13-31)17-20-8-10-23(11-9-20)30-28(33)26-18-22-5-1-2-7-25(22)35-26/h1-11,16,18H,12-15,17,19H2,(H,29,32)(H,30,33). The lowest BCUT2D eigenvalue weighted by Crippen LogP contribution is -2.35. The van der Waals surface area contributed by atoms with E-state index in [1.165, 1.54) is 0 Å². The minimum atomic E-state index is -0.316. The third-order valence-electron chi connectivity index (χ3n) is 5.95. The molecule has 0 atom stereocenters. The van der Waals surface area contributed by atoms with Crippen molar-refractivity contribution in [2.45, 2.75) is 13.0 Å². The number of amides is 2. The normalized spacial score (nSPS) is 14.1. The topological polar surface area (TPSA) is 83.8 Å². The van der Waals surface area contributed by atoms with Crippen molar-refractivity contribution in [3.05, 3.63) is 95.7 Å². The van der Waals surface area contributed by atoms with Crippen LogP contribution in [0.5, 0.6) is 0 Å². The van der Waals surface area contributed by atoms with E-state index in [-0.39, 0.29) is 24.0 Å². The number of benzene rings is 3. The number of carbonyl (C=O) groups is 2. The first-order valence-corrected chi connectivity index (χ1v) is 11.7. The molecule has 0 bridgehead atoms. The lowest BCUT2D eigenvalue weighted by Gasteiger charge is -2.26. The lowest BCUT2D eigenvalue weighted by atomic mass is 10.1. The van der Waals surface area contributed by atoms with Crippen molar-refractivity contribution < 1.29 is 18.7 Å². The van der Waals surface area contributed by atoms with Crippen molar-refractivity contribution in [1.82, 2.24) is 4.90 Å². The van der Waals surface area contributed by atoms with E-state index < -0.39 is 0 Å². The number of nitrogens with zero attached hydrogens (tertiary/aromatic N) is 1. The van der Waals surface area contributed by atoms with Crippen LogP contribution < -0.4 is 10.6 Å². The first-order chi connectivity index (χ1) is 17.1. The second-order valence-electron chi connectivity index (χ2n) is 8.61. The van der Waals surface area contributed by atoms with Gasteiger partial charge < -0.3 is 19.8 Å². The van der Waals surface area contributed by atoms with Crippen LogP contribution in [0.15, 0.2) is 83.3 Å². The summed E-state index contributed by atoms with van der Waals surface area (Å²) in [5.74, 6) is -0.151. The Hall–Kier alpha value is -3.94. The first kappa shape index (κ1) is 22.8. The maximum Gasteiger partial charge on any atom is 0.291 e. The number of anilines is 2. The van der Waals surface area contributed by atoms with Crippen molar-refractivity contribution in [3.8, 4) is 0 Å². The van der Waals surface area contributed by atoms with E-state index in [4.69, 9.17) is 9.15 Å². The van der Waals surface area contributed by atoms with Gasteiger partial charge in [-0.05, 0) is 47.5 Å². The highest BCUT2D eigenvalue weighted by molar-refractivity contribution is 6.04. The molecule has 1 aliphatic rings. The van der Waals surface area contributed by atoms with Gasteiger partial charge in [-0.25, -0.2) is 0 Å². The van der Waals surface area contributed by atoms with Gasteiger partial charge in [0.2, 0.25) is 5.91 Å². The molecular formula is C28H27N3O4. The predicted octanol–water partition coefficient (Wildman–Crippen LogP) is 4.70. The summed E-state index contributed by atoms with van der Waals surface area (Å²) in [5.41, 5.74) is 4.11. The zero-order valence-electron chi connectivity index (χ0n) is 19.3. The molecule has 1 fully saturated rings. The highest BCUT2D eigenvalue weighted by atomic mass is 16.5. The van der Waals surface area contributed by atoms with Gasteiger partial charge in [0.05, 0.1) is 19.6 Å². The molecule has 5 rings (SSSR count). The van der Waals surface area contributed by atoms with E-state index >= 15 is 0 Å². The summed E-state index contributed by atoms with van der Waals surface area (Å²) < 4.78 is 11.0. The van der Waals surface area contributed by atoms with Gasteiger partial charge >= 0.3 is 0 Å². The Balaban J connectivity index is 1.14. The van der Waals surface area contributed by atoms with Gasteiger partial charge in [-0.15, -0.1) is 0 Å². The number of carbonyl (C=O) groups excluding carboxylic acids is 2. The molecule has 0 unspecified atom stereocenters. The van der Waals surface area contributed by atoms with Crippen LogP contribution >= 0.6 is 0 Å². The molecule has 2 heterocycles. The Labute approximate surface area is 203 Å². The third kappa shape index (κ3) is 5.95. The SMILES string of the molecule is O=C(Cc1ccc(NC(=O)c2cc3ccccc3o2)cc1)Nc1cccc(CN2CCOCC2)c1. The molecule has 1 aliphatic heterocycles.